The zero-order chi connectivity index (χ0) is 12.7. The van der Waals surface area contributed by atoms with Gasteiger partial charge in [-0.2, -0.15) is 0 Å². The SMILES string of the molecule is COC(=O)c1cc(C2CC2)nc2onc(CO)c12. The summed E-state index contributed by atoms with van der Waals surface area (Å²) in [7, 11) is 1.32. The molecule has 0 spiro atoms. The number of esters is 1. The van der Waals surface area contributed by atoms with E-state index in [0.717, 1.165) is 18.5 Å². The second-order valence-corrected chi connectivity index (χ2v) is 4.33. The van der Waals surface area contributed by atoms with Crippen LogP contribution < -0.4 is 0 Å². The van der Waals surface area contributed by atoms with Gasteiger partial charge in [0.25, 0.3) is 5.71 Å². The highest BCUT2D eigenvalue weighted by Gasteiger charge is 2.29. The van der Waals surface area contributed by atoms with Crippen LogP contribution in [0.15, 0.2) is 10.6 Å². The summed E-state index contributed by atoms with van der Waals surface area (Å²) < 4.78 is 9.82. The number of ether oxygens (including phenoxy) is 1. The van der Waals surface area contributed by atoms with Gasteiger partial charge in [0, 0.05) is 11.6 Å². The van der Waals surface area contributed by atoms with Gasteiger partial charge in [-0.1, -0.05) is 5.16 Å². The summed E-state index contributed by atoms with van der Waals surface area (Å²) in [4.78, 5) is 16.1. The molecule has 0 radical (unpaired) electrons. The van der Waals surface area contributed by atoms with Gasteiger partial charge in [-0.25, -0.2) is 9.78 Å². The maximum atomic E-state index is 11.8. The van der Waals surface area contributed by atoms with E-state index in [1.807, 2.05) is 0 Å². The summed E-state index contributed by atoms with van der Waals surface area (Å²) in [5, 5.41) is 13.3. The summed E-state index contributed by atoms with van der Waals surface area (Å²) in [6, 6.07) is 1.71. The lowest BCUT2D eigenvalue weighted by Gasteiger charge is -2.04. The minimum absolute atomic E-state index is 0.281. The second kappa shape index (κ2) is 4.06. The predicted molar refractivity (Wildman–Crippen MR) is 61.0 cm³/mol. The van der Waals surface area contributed by atoms with E-state index in [1.54, 1.807) is 6.07 Å². The Labute approximate surface area is 103 Å². The molecule has 6 nitrogen and oxygen atoms in total. The van der Waals surface area contributed by atoms with Gasteiger partial charge in [0.1, 0.15) is 5.69 Å². The molecule has 3 rings (SSSR count). The highest BCUT2D eigenvalue weighted by Crippen LogP contribution is 2.40. The molecule has 0 saturated heterocycles. The highest BCUT2D eigenvalue weighted by atomic mass is 16.5. The molecule has 0 amide bonds. The summed E-state index contributed by atoms with van der Waals surface area (Å²) in [6.45, 7) is -0.304. The van der Waals surface area contributed by atoms with Gasteiger partial charge >= 0.3 is 5.97 Å². The Morgan fingerprint density at radius 3 is 3.00 bits per heavy atom. The Hall–Kier alpha value is -1.95. The molecule has 0 aromatic carbocycles. The summed E-state index contributed by atoms with van der Waals surface area (Å²) in [5.74, 6) is -0.0808. The van der Waals surface area contributed by atoms with Crippen LogP contribution in [-0.2, 0) is 11.3 Å². The first-order valence-corrected chi connectivity index (χ1v) is 5.73. The minimum Gasteiger partial charge on any atom is -0.465 e. The molecule has 0 atom stereocenters. The van der Waals surface area contributed by atoms with E-state index in [9.17, 15) is 9.90 Å². The number of hydrogen-bond acceptors (Lipinski definition) is 6. The normalized spacial score (nSPS) is 15.0. The van der Waals surface area contributed by atoms with Gasteiger partial charge in [0.05, 0.1) is 24.7 Å². The quantitative estimate of drug-likeness (QED) is 0.826. The van der Waals surface area contributed by atoms with Crippen LogP contribution in [0.5, 0.6) is 0 Å². The lowest BCUT2D eigenvalue weighted by molar-refractivity contribution is 0.0602. The van der Waals surface area contributed by atoms with Crippen molar-refractivity contribution in [3.8, 4) is 0 Å². The van der Waals surface area contributed by atoms with Crippen LogP contribution in [0.2, 0.25) is 0 Å². The number of carbonyl (C=O) groups is 1. The Kier molecular flexibility index (Phi) is 2.52. The molecule has 2 aromatic rings. The molecular weight excluding hydrogens is 236 g/mol. The van der Waals surface area contributed by atoms with Crippen LogP contribution in [0.25, 0.3) is 11.1 Å². The Morgan fingerprint density at radius 1 is 1.61 bits per heavy atom. The molecule has 2 heterocycles. The molecule has 94 valence electrons. The van der Waals surface area contributed by atoms with E-state index in [0.29, 0.717) is 22.6 Å². The van der Waals surface area contributed by atoms with E-state index in [2.05, 4.69) is 10.1 Å². The molecule has 1 N–H and O–H groups in total. The number of aliphatic hydroxyl groups is 1. The average Bonchev–Trinajstić information content (AvgIpc) is 3.17. The molecular formula is C12H12N2O4. The fourth-order valence-electron chi connectivity index (χ4n) is 2.00. The van der Waals surface area contributed by atoms with Gasteiger partial charge in [-0.05, 0) is 18.9 Å². The summed E-state index contributed by atoms with van der Waals surface area (Å²) in [5.41, 5.74) is 1.77. The number of pyridine rings is 1. The Balaban J connectivity index is 2.25. The fourth-order valence-corrected chi connectivity index (χ4v) is 2.00. The predicted octanol–water partition coefficient (Wildman–Crippen LogP) is 1.38. The van der Waals surface area contributed by atoms with Crippen molar-refractivity contribution in [1.82, 2.24) is 10.1 Å². The van der Waals surface area contributed by atoms with Crippen LogP contribution in [0, 0.1) is 0 Å². The molecule has 18 heavy (non-hydrogen) atoms. The van der Waals surface area contributed by atoms with Crippen LogP contribution in [-0.4, -0.2) is 28.3 Å². The molecule has 1 saturated carbocycles. The first kappa shape index (κ1) is 11.2. The average molecular weight is 248 g/mol. The summed E-state index contributed by atoms with van der Waals surface area (Å²) in [6.07, 6.45) is 2.14. The van der Waals surface area contributed by atoms with E-state index >= 15 is 0 Å². The number of carbonyl (C=O) groups excluding carboxylic acids is 1. The van der Waals surface area contributed by atoms with Crippen molar-refractivity contribution in [2.24, 2.45) is 0 Å². The fraction of sp³-hybridized carbons (Fsp3) is 0.417. The number of methoxy groups -OCH3 is 1. The molecule has 1 fully saturated rings. The van der Waals surface area contributed by atoms with Gasteiger partial charge in [0.15, 0.2) is 0 Å². The van der Waals surface area contributed by atoms with E-state index in [-0.39, 0.29) is 12.3 Å². The second-order valence-electron chi connectivity index (χ2n) is 4.33. The minimum atomic E-state index is -0.470. The Morgan fingerprint density at radius 2 is 2.39 bits per heavy atom. The van der Waals surface area contributed by atoms with Crippen molar-refractivity contribution >= 4 is 17.1 Å². The van der Waals surface area contributed by atoms with Crippen molar-refractivity contribution < 1.29 is 19.2 Å². The lowest BCUT2D eigenvalue weighted by atomic mass is 10.1. The largest absolute Gasteiger partial charge is 0.465 e. The molecule has 0 bridgehead atoms. The first-order chi connectivity index (χ1) is 8.74. The molecule has 1 aliphatic carbocycles. The van der Waals surface area contributed by atoms with Gasteiger partial charge < -0.3 is 14.4 Å². The maximum absolute atomic E-state index is 11.8. The third kappa shape index (κ3) is 1.65. The topological polar surface area (TPSA) is 85.5 Å². The molecule has 0 aliphatic heterocycles. The molecule has 0 unspecified atom stereocenters. The third-order valence-electron chi connectivity index (χ3n) is 3.09. The van der Waals surface area contributed by atoms with Gasteiger partial charge in [-0.3, -0.25) is 0 Å². The summed E-state index contributed by atoms with van der Waals surface area (Å²) >= 11 is 0. The highest BCUT2D eigenvalue weighted by molar-refractivity contribution is 6.03. The zero-order valence-electron chi connectivity index (χ0n) is 9.84. The number of aliphatic hydroxyl groups excluding tert-OH is 1. The number of hydrogen-bond donors (Lipinski definition) is 1. The van der Waals surface area contributed by atoms with Crippen LogP contribution >= 0.6 is 0 Å². The molecule has 6 heteroatoms. The van der Waals surface area contributed by atoms with Crippen molar-refractivity contribution in [2.45, 2.75) is 25.4 Å². The number of aromatic nitrogens is 2. The Bertz CT molecular complexity index is 616. The number of fused-ring (bicyclic) bond motifs is 1. The van der Waals surface area contributed by atoms with Gasteiger partial charge in [0.2, 0.25) is 0 Å². The monoisotopic (exact) mass is 248 g/mol. The lowest BCUT2D eigenvalue weighted by Crippen LogP contribution is -2.05. The first-order valence-electron chi connectivity index (χ1n) is 5.73. The zero-order valence-corrected chi connectivity index (χ0v) is 9.84. The van der Waals surface area contributed by atoms with Crippen molar-refractivity contribution in [3.63, 3.8) is 0 Å². The third-order valence-corrected chi connectivity index (χ3v) is 3.09. The van der Waals surface area contributed by atoms with E-state index in [4.69, 9.17) is 9.26 Å². The smallest absolute Gasteiger partial charge is 0.338 e. The van der Waals surface area contributed by atoms with Crippen LogP contribution in [0.4, 0.5) is 0 Å². The van der Waals surface area contributed by atoms with Crippen LogP contribution in [0.3, 0.4) is 0 Å². The van der Waals surface area contributed by atoms with E-state index in [1.165, 1.54) is 7.11 Å². The number of rotatable bonds is 3. The van der Waals surface area contributed by atoms with Gasteiger partial charge in [-0.15, -0.1) is 0 Å². The standard InChI is InChI=1S/C12H12N2O4/c1-17-12(16)7-4-8(6-2-3-6)13-11-10(7)9(5-15)14-18-11/h4,6,15H,2-3,5H2,1H3. The van der Waals surface area contributed by atoms with Crippen LogP contribution in [0.1, 0.15) is 40.5 Å². The molecule has 2 aromatic heterocycles. The van der Waals surface area contributed by atoms with E-state index < -0.39 is 5.97 Å². The van der Waals surface area contributed by atoms with Crippen molar-refractivity contribution in [1.29, 1.82) is 0 Å². The van der Waals surface area contributed by atoms with Crippen molar-refractivity contribution in [3.05, 3.63) is 23.0 Å². The van der Waals surface area contributed by atoms with Crippen molar-refractivity contribution in [2.75, 3.05) is 7.11 Å². The number of nitrogens with zero attached hydrogens (tertiary/aromatic N) is 2. The molecule has 1 aliphatic rings. The maximum Gasteiger partial charge on any atom is 0.338 e.